The molecule has 0 saturated heterocycles. The van der Waals surface area contributed by atoms with E-state index in [1.165, 1.54) is 6.33 Å². The van der Waals surface area contributed by atoms with Crippen molar-refractivity contribution in [1.82, 2.24) is 19.7 Å². The average molecular weight is 226 g/mol. The summed E-state index contributed by atoms with van der Waals surface area (Å²) in [6.07, 6.45) is 3.36. The van der Waals surface area contributed by atoms with Gasteiger partial charge in [-0.15, -0.1) is 0 Å². The van der Waals surface area contributed by atoms with E-state index >= 15 is 0 Å². The van der Waals surface area contributed by atoms with Crippen LogP contribution in [0, 0.1) is 0 Å². The average Bonchev–Trinajstić information content (AvgIpc) is 2.77. The van der Waals surface area contributed by atoms with Crippen molar-refractivity contribution in [3.63, 3.8) is 0 Å². The van der Waals surface area contributed by atoms with Crippen LogP contribution < -0.4 is 0 Å². The van der Waals surface area contributed by atoms with Crippen LogP contribution in [0.25, 0.3) is 0 Å². The lowest BCUT2D eigenvalue weighted by molar-refractivity contribution is -0.136. The first kappa shape index (κ1) is 12.6. The Balaban J connectivity index is 2.46. The summed E-state index contributed by atoms with van der Waals surface area (Å²) in [5.74, 6) is -0.0189. The Hall–Kier alpha value is -1.43. The first-order valence-corrected chi connectivity index (χ1v) is 5.17. The van der Waals surface area contributed by atoms with Crippen molar-refractivity contribution in [1.29, 1.82) is 0 Å². The molecular weight excluding hydrogens is 208 g/mol. The van der Waals surface area contributed by atoms with Gasteiger partial charge in [0.15, 0.2) is 0 Å². The van der Waals surface area contributed by atoms with Crippen molar-refractivity contribution in [2.24, 2.45) is 0 Å². The summed E-state index contributed by atoms with van der Waals surface area (Å²) in [5, 5.41) is 13.1. The number of hydrogen-bond acceptors (Lipinski definition) is 4. The van der Waals surface area contributed by atoms with Gasteiger partial charge < -0.3 is 10.0 Å². The summed E-state index contributed by atoms with van der Waals surface area (Å²) >= 11 is 0. The second kappa shape index (κ2) is 5.07. The van der Waals surface area contributed by atoms with Gasteiger partial charge in [0.25, 0.3) is 0 Å². The summed E-state index contributed by atoms with van der Waals surface area (Å²) in [7, 11) is 1.69. The third-order valence-corrected chi connectivity index (χ3v) is 2.69. The zero-order valence-corrected chi connectivity index (χ0v) is 9.92. The highest BCUT2D eigenvalue weighted by molar-refractivity contribution is 5.76. The molecule has 0 radical (unpaired) electrons. The number of amides is 1. The Morgan fingerprint density at radius 2 is 2.25 bits per heavy atom. The second-order valence-corrected chi connectivity index (χ2v) is 4.33. The Bertz CT molecular complexity index is 335. The molecule has 6 nitrogen and oxygen atoms in total. The lowest BCUT2D eigenvalue weighted by Gasteiger charge is -2.34. The summed E-state index contributed by atoms with van der Waals surface area (Å²) in [5.41, 5.74) is -0.528. The molecule has 1 rings (SSSR count). The summed E-state index contributed by atoms with van der Waals surface area (Å²) in [4.78, 5) is 17.2. The molecule has 0 aliphatic rings. The number of aliphatic hydroxyl groups excluding tert-OH is 1. The second-order valence-electron chi connectivity index (χ2n) is 4.33. The fourth-order valence-electron chi connectivity index (χ4n) is 1.17. The number of nitrogens with zero attached hydrogens (tertiary/aromatic N) is 4. The van der Waals surface area contributed by atoms with Gasteiger partial charge in [-0.2, -0.15) is 5.10 Å². The van der Waals surface area contributed by atoms with Crippen LogP contribution in [0.15, 0.2) is 12.7 Å². The number of rotatable bonds is 5. The van der Waals surface area contributed by atoms with Crippen molar-refractivity contribution in [3.05, 3.63) is 12.7 Å². The zero-order valence-electron chi connectivity index (χ0n) is 9.92. The predicted octanol–water partition coefficient (Wildman–Crippen LogP) is -0.103. The third kappa shape index (κ3) is 3.03. The fourth-order valence-corrected chi connectivity index (χ4v) is 1.17. The Morgan fingerprint density at radius 3 is 2.75 bits per heavy atom. The molecule has 0 aliphatic heterocycles. The highest BCUT2D eigenvalue weighted by atomic mass is 16.3. The van der Waals surface area contributed by atoms with Crippen LogP contribution in [-0.4, -0.2) is 49.9 Å². The summed E-state index contributed by atoms with van der Waals surface area (Å²) in [6, 6.07) is 0. The number of aromatic nitrogens is 3. The molecule has 6 heteroatoms. The Labute approximate surface area is 94.9 Å². The molecule has 0 bridgehead atoms. The number of hydrogen-bond donors (Lipinski definition) is 1. The van der Waals surface area contributed by atoms with E-state index in [0.717, 1.165) is 0 Å². The van der Waals surface area contributed by atoms with E-state index in [1.807, 2.05) is 13.8 Å². The van der Waals surface area contributed by atoms with Gasteiger partial charge in [-0.1, -0.05) is 0 Å². The topological polar surface area (TPSA) is 71.2 Å². The summed E-state index contributed by atoms with van der Waals surface area (Å²) in [6.45, 7) is 4.09. The molecule has 1 heterocycles. The minimum absolute atomic E-state index is 0.0189. The van der Waals surface area contributed by atoms with Crippen molar-refractivity contribution < 1.29 is 9.90 Å². The molecule has 90 valence electrons. The molecule has 0 fully saturated rings. The highest BCUT2D eigenvalue weighted by Gasteiger charge is 2.26. The van der Waals surface area contributed by atoms with E-state index in [2.05, 4.69) is 10.1 Å². The zero-order chi connectivity index (χ0) is 12.2. The lowest BCUT2D eigenvalue weighted by Crippen LogP contribution is -2.47. The van der Waals surface area contributed by atoms with Crippen molar-refractivity contribution in [2.75, 3.05) is 13.7 Å². The molecule has 0 aliphatic carbocycles. The van der Waals surface area contributed by atoms with Crippen LogP contribution >= 0.6 is 0 Å². The molecule has 1 aromatic heterocycles. The SMILES string of the molecule is CN(C(=O)CCn1cncn1)C(C)(C)CO. The maximum Gasteiger partial charge on any atom is 0.224 e. The Morgan fingerprint density at radius 1 is 1.56 bits per heavy atom. The van der Waals surface area contributed by atoms with Gasteiger partial charge in [0.2, 0.25) is 5.91 Å². The van der Waals surface area contributed by atoms with Crippen LogP contribution in [0.3, 0.4) is 0 Å². The predicted molar refractivity (Wildman–Crippen MR) is 58.6 cm³/mol. The normalized spacial score (nSPS) is 11.5. The smallest absolute Gasteiger partial charge is 0.224 e. The maximum atomic E-state index is 11.8. The van der Waals surface area contributed by atoms with E-state index in [1.54, 1.807) is 23.0 Å². The van der Waals surface area contributed by atoms with Gasteiger partial charge in [0.1, 0.15) is 12.7 Å². The van der Waals surface area contributed by atoms with E-state index in [9.17, 15) is 4.79 Å². The van der Waals surface area contributed by atoms with Crippen molar-refractivity contribution in [3.8, 4) is 0 Å². The molecule has 16 heavy (non-hydrogen) atoms. The number of aliphatic hydroxyl groups is 1. The number of carbonyl (C=O) groups is 1. The standard InChI is InChI=1S/C10H18N4O2/c1-10(2,6-15)13(3)9(16)4-5-14-8-11-7-12-14/h7-8,15H,4-6H2,1-3H3. The van der Waals surface area contributed by atoms with E-state index in [4.69, 9.17) is 5.11 Å². The summed E-state index contributed by atoms with van der Waals surface area (Å²) < 4.78 is 1.61. The van der Waals surface area contributed by atoms with Gasteiger partial charge >= 0.3 is 0 Å². The van der Waals surface area contributed by atoms with E-state index < -0.39 is 5.54 Å². The number of aryl methyl sites for hydroxylation is 1. The van der Waals surface area contributed by atoms with Gasteiger partial charge in [0, 0.05) is 13.5 Å². The van der Waals surface area contributed by atoms with Crippen LogP contribution in [0.4, 0.5) is 0 Å². The number of carbonyl (C=O) groups excluding carboxylic acids is 1. The van der Waals surface area contributed by atoms with Gasteiger partial charge in [-0.25, -0.2) is 4.98 Å². The van der Waals surface area contributed by atoms with Crippen LogP contribution in [0.2, 0.25) is 0 Å². The first-order valence-electron chi connectivity index (χ1n) is 5.17. The molecule has 0 atom stereocenters. The van der Waals surface area contributed by atoms with Gasteiger partial charge in [-0.3, -0.25) is 9.48 Å². The molecule has 1 amide bonds. The minimum atomic E-state index is -0.528. The molecule has 0 unspecified atom stereocenters. The molecule has 1 N–H and O–H groups in total. The fraction of sp³-hybridized carbons (Fsp3) is 0.700. The third-order valence-electron chi connectivity index (χ3n) is 2.69. The quantitative estimate of drug-likeness (QED) is 0.761. The van der Waals surface area contributed by atoms with Gasteiger partial charge in [-0.05, 0) is 13.8 Å². The largest absolute Gasteiger partial charge is 0.394 e. The first-order chi connectivity index (χ1) is 7.47. The van der Waals surface area contributed by atoms with E-state index in [-0.39, 0.29) is 12.5 Å². The van der Waals surface area contributed by atoms with Crippen LogP contribution in [0.5, 0.6) is 0 Å². The minimum Gasteiger partial charge on any atom is -0.394 e. The highest BCUT2D eigenvalue weighted by Crippen LogP contribution is 2.12. The lowest BCUT2D eigenvalue weighted by atomic mass is 10.0. The monoisotopic (exact) mass is 226 g/mol. The Kier molecular flexibility index (Phi) is 4.00. The maximum absolute atomic E-state index is 11.8. The number of likely N-dealkylation sites (N-methyl/N-ethyl adjacent to an activating group) is 1. The van der Waals surface area contributed by atoms with Crippen molar-refractivity contribution >= 4 is 5.91 Å². The van der Waals surface area contributed by atoms with Crippen LogP contribution in [-0.2, 0) is 11.3 Å². The van der Waals surface area contributed by atoms with E-state index in [0.29, 0.717) is 13.0 Å². The van der Waals surface area contributed by atoms with Gasteiger partial charge in [0.05, 0.1) is 18.7 Å². The molecule has 1 aromatic rings. The molecule has 0 aromatic carbocycles. The molecule has 0 saturated carbocycles. The molecular formula is C10H18N4O2. The van der Waals surface area contributed by atoms with Crippen molar-refractivity contribution in [2.45, 2.75) is 32.4 Å². The van der Waals surface area contributed by atoms with Crippen LogP contribution in [0.1, 0.15) is 20.3 Å². The molecule has 0 spiro atoms.